The van der Waals surface area contributed by atoms with Crippen LogP contribution in [0.2, 0.25) is 20.1 Å². The fourth-order valence-electron chi connectivity index (χ4n) is 1.79. The Balaban J connectivity index is 2.67. The summed E-state index contributed by atoms with van der Waals surface area (Å²) in [5.41, 5.74) is 2.06. The highest BCUT2D eigenvalue weighted by atomic mass is 35.5. The van der Waals surface area contributed by atoms with Gasteiger partial charge < -0.3 is 0 Å². The molecule has 0 fully saturated rings. The van der Waals surface area contributed by atoms with E-state index in [-0.39, 0.29) is 6.42 Å². The second-order valence-corrected chi connectivity index (χ2v) is 5.49. The molecule has 1 nitrogen and oxygen atoms in total. The van der Waals surface area contributed by atoms with Crippen molar-refractivity contribution >= 4 is 46.4 Å². The second-order valence-electron chi connectivity index (χ2n) is 3.86. The van der Waals surface area contributed by atoms with Crippen LogP contribution in [-0.4, -0.2) is 0 Å². The van der Waals surface area contributed by atoms with Gasteiger partial charge in [-0.3, -0.25) is 0 Å². The van der Waals surface area contributed by atoms with Gasteiger partial charge in [0.2, 0.25) is 0 Å². The molecule has 0 aromatic heterocycles. The van der Waals surface area contributed by atoms with E-state index in [0.717, 1.165) is 5.56 Å². The molecule has 0 amide bonds. The van der Waals surface area contributed by atoms with Crippen molar-refractivity contribution in [2.75, 3.05) is 0 Å². The smallest absolute Gasteiger partial charge is 0.0670 e. The molecule has 0 spiro atoms. The highest BCUT2D eigenvalue weighted by molar-refractivity contribution is 6.43. The molecule has 0 saturated carbocycles. The van der Waals surface area contributed by atoms with Crippen LogP contribution in [0, 0.1) is 11.3 Å². The molecule has 0 N–H and O–H groups in total. The van der Waals surface area contributed by atoms with Gasteiger partial charge in [-0.05, 0) is 17.7 Å². The van der Waals surface area contributed by atoms with E-state index < -0.39 is 0 Å². The molecule has 0 radical (unpaired) electrons. The van der Waals surface area contributed by atoms with Gasteiger partial charge in [0.1, 0.15) is 0 Å². The Kier molecular flexibility index (Phi) is 4.60. The summed E-state index contributed by atoms with van der Waals surface area (Å²) in [7, 11) is 0. The van der Waals surface area contributed by atoms with Crippen LogP contribution in [-0.2, 0) is 6.42 Å². The summed E-state index contributed by atoms with van der Waals surface area (Å²) in [5, 5.41) is 10.6. The van der Waals surface area contributed by atoms with Gasteiger partial charge in [-0.15, -0.1) is 0 Å². The van der Waals surface area contributed by atoms with Crippen molar-refractivity contribution in [3.05, 3.63) is 56.0 Å². The summed E-state index contributed by atoms with van der Waals surface area (Å²) in [6, 6.07) is 10.7. The van der Waals surface area contributed by atoms with E-state index >= 15 is 0 Å². The lowest BCUT2D eigenvalue weighted by Gasteiger charge is -2.11. The van der Waals surface area contributed by atoms with E-state index in [2.05, 4.69) is 6.07 Å². The van der Waals surface area contributed by atoms with E-state index in [0.29, 0.717) is 31.2 Å². The Hall–Kier alpha value is -0.910. The van der Waals surface area contributed by atoms with Crippen molar-refractivity contribution in [2.24, 2.45) is 0 Å². The molecule has 19 heavy (non-hydrogen) atoms. The summed E-state index contributed by atoms with van der Waals surface area (Å²) in [6.07, 6.45) is 0.232. The van der Waals surface area contributed by atoms with Crippen LogP contribution in [0.5, 0.6) is 0 Å². The Labute approximate surface area is 131 Å². The zero-order valence-electron chi connectivity index (χ0n) is 9.55. The summed E-state index contributed by atoms with van der Waals surface area (Å²) in [4.78, 5) is 0. The number of nitriles is 1. The summed E-state index contributed by atoms with van der Waals surface area (Å²) < 4.78 is 0. The average Bonchev–Trinajstić information content (AvgIpc) is 2.32. The zero-order chi connectivity index (χ0) is 14.0. The van der Waals surface area contributed by atoms with Crippen LogP contribution in [0.4, 0.5) is 0 Å². The van der Waals surface area contributed by atoms with Gasteiger partial charge in [0.05, 0.1) is 27.6 Å². The average molecular weight is 331 g/mol. The van der Waals surface area contributed by atoms with Gasteiger partial charge in [0, 0.05) is 16.1 Å². The quantitative estimate of drug-likeness (QED) is 0.659. The Morgan fingerprint density at radius 1 is 1.00 bits per heavy atom. The maximum Gasteiger partial charge on any atom is 0.0670 e. The Morgan fingerprint density at radius 2 is 1.63 bits per heavy atom. The lowest BCUT2D eigenvalue weighted by Crippen LogP contribution is -1.89. The normalized spacial score (nSPS) is 10.3. The second kappa shape index (κ2) is 6.03. The molecule has 0 heterocycles. The van der Waals surface area contributed by atoms with E-state index in [9.17, 15) is 0 Å². The molecular weight excluding hydrogens is 324 g/mol. The molecule has 0 atom stereocenters. The zero-order valence-corrected chi connectivity index (χ0v) is 12.6. The summed E-state index contributed by atoms with van der Waals surface area (Å²) in [6.45, 7) is 0. The van der Waals surface area contributed by atoms with E-state index in [4.69, 9.17) is 51.7 Å². The Bertz CT molecular complexity index is 651. The first-order valence-electron chi connectivity index (χ1n) is 5.34. The molecule has 0 aliphatic carbocycles. The first kappa shape index (κ1) is 14.5. The minimum absolute atomic E-state index is 0.232. The fourth-order valence-corrected chi connectivity index (χ4v) is 3.10. The third-order valence-corrected chi connectivity index (χ3v) is 3.89. The maximum absolute atomic E-state index is 8.77. The molecule has 0 unspecified atom stereocenters. The molecule has 5 heteroatoms. The first-order valence-corrected chi connectivity index (χ1v) is 6.85. The number of hydrogen-bond acceptors (Lipinski definition) is 1. The van der Waals surface area contributed by atoms with Gasteiger partial charge >= 0.3 is 0 Å². The number of hydrogen-bond donors (Lipinski definition) is 0. The van der Waals surface area contributed by atoms with Crippen LogP contribution in [0.3, 0.4) is 0 Å². The third-order valence-electron chi connectivity index (χ3n) is 2.62. The van der Waals surface area contributed by atoms with E-state index in [1.54, 1.807) is 18.2 Å². The fraction of sp³-hybridized carbons (Fsp3) is 0.0714. The van der Waals surface area contributed by atoms with Crippen molar-refractivity contribution in [2.45, 2.75) is 6.42 Å². The lowest BCUT2D eigenvalue weighted by molar-refractivity contribution is 1.26. The molecule has 96 valence electrons. The van der Waals surface area contributed by atoms with Gasteiger partial charge in [-0.25, -0.2) is 0 Å². The van der Waals surface area contributed by atoms with Gasteiger partial charge in [-0.2, -0.15) is 5.26 Å². The van der Waals surface area contributed by atoms with E-state index in [1.165, 1.54) is 0 Å². The predicted octanol–water partition coefficient (Wildman–Crippen LogP) is 6.03. The standard InChI is InChI=1S/C14H7Cl4N/c15-9-6-11(16)13(12(17)7-9)10-3-1-2-8(4-5-19)14(10)18/h1-3,6-7H,4H2. The topological polar surface area (TPSA) is 23.8 Å². The molecule has 0 aliphatic heterocycles. The minimum atomic E-state index is 0.232. The van der Waals surface area contributed by atoms with Crippen molar-refractivity contribution in [1.82, 2.24) is 0 Å². The molecule has 0 saturated heterocycles. The van der Waals surface area contributed by atoms with Crippen LogP contribution >= 0.6 is 46.4 Å². The van der Waals surface area contributed by atoms with Crippen LogP contribution in [0.1, 0.15) is 5.56 Å². The molecule has 2 aromatic carbocycles. The number of nitrogens with zero attached hydrogens (tertiary/aromatic N) is 1. The van der Waals surface area contributed by atoms with Gasteiger partial charge in [0.25, 0.3) is 0 Å². The summed E-state index contributed by atoms with van der Waals surface area (Å²) >= 11 is 24.5. The van der Waals surface area contributed by atoms with Gasteiger partial charge in [0.15, 0.2) is 0 Å². The number of halogens is 4. The third kappa shape index (κ3) is 2.99. The molecule has 0 bridgehead atoms. The van der Waals surface area contributed by atoms with Crippen molar-refractivity contribution in [3.8, 4) is 17.2 Å². The summed E-state index contributed by atoms with van der Waals surface area (Å²) in [5.74, 6) is 0. The first-order chi connectivity index (χ1) is 9.04. The van der Waals surface area contributed by atoms with Crippen LogP contribution in [0.25, 0.3) is 11.1 Å². The lowest BCUT2D eigenvalue weighted by atomic mass is 10.0. The molecule has 2 rings (SSSR count). The monoisotopic (exact) mass is 329 g/mol. The van der Waals surface area contributed by atoms with Crippen LogP contribution < -0.4 is 0 Å². The van der Waals surface area contributed by atoms with E-state index in [1.807, 2.05) is 12.1 Å². The number of benzene rings is 2. The van der Waals surface area contributed by atoms with Crippen molar-refractivity contribution < 1.29 is 0 Å². The SMILES string of the molecule is N#CCc1cccc(-c2c(Cl)cc(Cl)cc2Cl)c1Cl. The number of rotatable bonds is 2. The van der Waals surface area contributed by atoms with Crippen molar-refractivity contribution in [1.29, 1.82) is 5.26 Å². The van der Waals surface area contributed by atoms with Crippen molar-refractivity contribution in [3.63, 3.8) is 0 Å². The molecule has 0 aliphatic rings. The van der Waals surface area contributed by atoms with Crippen LogP contribution in [0.15, 0.2) is 30.3 Å². The molecule has 2 aromatic rings. The highest BCUT2D eigenvalue weighted by Crippen LogP contribution is 2.41. The minimum Gasteiger partial charge on any atom is -0.198 e. The Morgan fingerprint density at radius 3 is 2.21 bits per heavy atom. The predicted molar refractivity (Wildman–Crippen MR) is 81.2 cm³/mol. The molecular formula is C14H7Cl4N. The maximum atomic E-state index is 8.77. The highest BCUT2D eigenvalue weighted by Gasteiger charge is 2.15. The van der Waals surface area contributed by atoms with Gasteiger partial charge in [-0.1, -0.05) is 64.6 Å². The largest absolute Gasteiger partial charge is 0.198 e.